The molecule has 9 heteroatoms. The number of hydrogen-bond donors (Lipinski definition) is 2. The van der Waals surface area contributed by atoms with Crippen molar-refractivity contribution in [2.75, 3.05) is 31.6 Å². The molecule has 1 unspecified atom stereocenters. The highest BCUT2D eigenvalue weighted by Gasteiger charge is 2.28. The zero-order valence-electron chi connectivity index (χ0n) is 27.6. The number of hydrogen-bond acceptors (Lipinski definition) is 6. The lowest BCUT2D eigenvalue weighted by Gasteiger charge is -2.35. The summed E-state index contributed by atoms with van der Waals surface area (Å²) in [5.74, 6) is 1.31. The van der Waals surface area contributed by atoms with Crippen molar-refractivity contribution in [2.24, 2.45) is 17.8 Å². The van der Waals surface area contributed by atoms with Crippen LogP contribution in [-0.2, 0) is 20.9 Å². The number of nitrogens with one attached hydrogen (secondary N) is 1. The molecule has 2 aliphatic rings. The number of carbonyl (C=O) groups is 3. The van der Waals surface area contributed by atoms with Crippen LogP contribution in [0.5, 0.6) is 0 Å². The minimum atomic E-state index is -1.12. The molecule has 1 atom stereocenters. The second-order valence-electron chi connectivity index (χ2n) is 13.1. The molecule has 2 aliphatic carbocycles. The zero-order chi connectivity index (χ0) is 33.2. The molecule has 1 heterocycles. The molecule has 2 amide bonds. The van der Waals surface area contributed by atoms with Crippen molar-refractivity contribution in [1.82, 2.24) is 20.2 Å². The number of carboxylic acid groups (broad SMARTS) is 1. The van der Waals surface area contributed by atoms with Gasteiger partial charge in [-0.3, -0.25) is 14.4 Å². The maximum absolute atomic E-state index is 12.9. The monoisotopic (exact) mass is 637 g/mol. The number of carboxylic acids is 1. The molecule has 3 aromatic rings. The summed E-state index contributed by atoms with van der Waals surface area (Å²) in [4.78, 5) is 49.2. The highest BCUT2D eigenvalue weighted by molar-refractivity contribution is 5.88. The predicted molar refractivity (Wildman–Crippen MR) is 184 cm³/mol. The number of nitrogens with zero attached hydrogens (tertiary/aromatic N) is 4. The van der Waals surface area contributed by atoms with E-state index in [4.69, 9.17) is 0 Å². The third kappa shape index (κ3) is 9.50. The standard InChI is InChI=1S/C38H47N5O4/c1-3-27-9-13-29(14-10-27)30-17-19-31(20-18-30)33-21-40-38(41-22-33)32-15-11-28(12-16-32)24-43(26-37(46)47)36(45)23-39-35(44)25-42(2)34-7-5-4-6-8-34/h4-8,11-12,15-16,19,21-22,27,29-30H,3,9-10,13-14,17-18,20,23-26H2,1-2H3,(H,39,44)(H,46,47). The summed E-state index contributed by atoms with van der Waals surface area (Å²) in [6.07, 6.45) is 16.6. The van der Waals surface area contributed by atoms with Crippen molar-refractivity contribution in [3.8, 4) is 11.4 Å². The van der Waals surface area contributed by atoms with Gasteiger partial charge in [-0.15, -0.1) is 0 Å². The molecule has 1 aromatic heterocycles. The van der Waals surface area contributed by atoms with Gasteiger partial charge in [-0.05, 0) is 73.1 Å². The number of allylic oxidation sites excluding steroid dienone is 2. The Kier molecular flexibility index (Phi) is 11.8. The van der Waals surface area contributed by atoms with Crippen LogP contribution in [0.4, 0.5) is 5.69 Å². The van der Waals surface area contributed by atoms with E-state index in [-0.39, 0.29) is 25.5 Å². The summed E-state index contributed by atoms with van der Waals surface area (Å²) in [7, 11) is 1.79. The smallest absolute Gasteiger partial charge is 0.323 e. The number of para-hydroxylation sites is 1. The number of aliphatic carboxylic acids is 1. The van der Waals surface area contributed by atoms with E-state index in [9.17, 15) is 19.5 Å². The van der Waals surface area contributed by atoms with Crippen molar-refractivity contribution < 1.29 is 19.5 Å². The number of anilines is 1. The van der Waals surface area contributed by atoms with Gasteiger partial charge in [0.1, 0.15) is 6.54 Å². The molecule has 0 aliphatic heterocycles. The summed E-state index contributed by atoms with van der Waals surface area (Å²) in [5.41, 5.74) is 4.90. The molecule has 9 nitrogen and oxygen atoms in total. The van der Waals surface area contributed by atoms with Gasteiger partial charge in [0.15, 0.2) is 5.82 Å². The van der Waals surface area contributed by atoms with Crippen LogP contribution < -0.4 is 10.2 Å². The Morgan fingerprint density at radius 3 is 2.19 bits per heavy atom. The second-order valence-corrected chi connectivity index (χ2v) is 13.1. The van der Waals surface area contributed by atoms with Crippen molar-refractivity contribution in [3.63, 3.8) is 0 Å². The molecule has 2 aromatic carbocycles. The molecular formula is C38H47N5O4. The number of carbonyl (C=O) groups excluding carboxylic acids is 2. The number of amides is 2. The summed E-state index contributed by atoms with van der Waals surface area (Å²) in [5, 5.41) is 12.0. The third-order valence-corrected chi connectivity index (χ3v) is 9.89. The van der Waals surface area contributed by atoms with Gasteiger partial charge in [-0.1, -0.05) is 74.7 Å². The molecular weight excluding hydrogens is 590 g/mol. The summed E-state index contributed by atoms with van der Waals surface area (Å²) < 4.78 is 0. The Morgan fingerprint density at radius 1 is 0.872 bits per heavy atom. The fraction of sp³-hybridized carbons (Fsp3) is 0.447. The molecule has 1 fully saturated rings. The van der Waals surface area contributed by atoms with Crippen LogP contribution in [0.3, 0.4) is 0 Å². The largest absolute Gasteiger partial charge is 0.480 e. The van der Waals surface area contributed by atoms with Gasteiger partial charge in [0.25, 0.3) is 0 Å². The highest BCUT2D eigenvalue weighted by Crippen LogP contribution is 2.41. The van der Waals surface area contributed by atoms with E-state index in [0.29, 0.717) is 5.82 Å². The van der Waals surface area contributed by atoms with Crippen molar-refractivity contribution in [1.29, 1.82) is 0 Å². The van der Waals surface area contributed by atoms with Crippen LogP contribution in [0, 0.1) is 17.8 Å². The molecule has 0 bridgehead atoms. The Bertz CT molecular complexity index is 1520. The van der Waals surface area contributed by atoms with Gasteiger partial charge in [0.2, 0.25) is 11.8 Å². The van der Waals surface area contributed by atoms with Crippen molar-refractivity contribution in [3.05, 3.63) is 84.2 Å². The van der Waals surface area contributed by atoms with Crippen molar-refractivity contribution >= 4 is 29.0 Å². The molecule has 0 spiro atoms. The zero-order valence-corrected chi connectivity index (χ0v) is 27.6. The first-order valence-electron chi connectivity index (χ1n) is 16.9. The number of benzene rings is 2. The lowest BCUT2D eigenvalue weighted by atomic mass is 9.71. The van der Waals surface area contributed by atoms with Crippen LogP contribution in [0.15, 0.2) is 73.1 Å². The van der Waals surface area contributed by atoms with Gasteiger partial charge in [-0.2, -0.15) is 0 Å². The third-order valence-electron chi connectivity index (χ3n) is 9.89. The normalized spacial score (nSPS) is 19.4. The Labute approximate surface area is 278 Å². The number of rotatable bonds is 13. The van der Waals surface area contributed by atoms with Gasteiger partial charge in [0.05, 0.1) is 13.1 Å². The maximum atomic E-state index is 12.9. The highest BCUT2D eigenvalue weighted by atomic mass is 16.4. The lowest BCUT2D eigenvalue weighted by Crippen LogP contribution is -2.44. The van der Waals surface area contributed by atoms with E-state index in [0.717, 1.165) is 53.0 Å². The Hall–Kier alpha value is -4.53. The van der Waals surface area contributed by atoms with Crippen LogP contribution in [0.25, 0.3) is 17.0 Å². The average Bonchev–Trinajstić information content (AvgIpc) is 3.11. The Balaban J connectivity index is 1.13. The van der Waals surface area contributed by atoms with Gasteiger partial charge in [0, 0.05) is 42.8 Å². The quantitative estimate of drug-likeness (QED) is 0.229. The maximum Gasteiger partial charge on any atom is 0.323 e. The molecule has 0 saturated heterocycles. The minimum absolute atomic E-state index is 0.0682. The lowest BCUT2D eigenvalue weighted by molar-refractivity contribution is -0.144. The van der Waals surface area contributed by atoms with E-state index in [1.54, 1.807) is 11.9 Å². The van der Waals surface area contributed by atoms with Crippen LogP contribution in [0.1, 0.15) is 69.4 Å². The number of likely N-dealkylation sites (N-methyl/N-ethyl adjacent to an activating group) is 1. The SMILES string of the molecule is CCC1CCC(C2CC=C(c3cnc(-c4ccc(CN(CC(=O)O)C(=O)CNC(=O)CN(C)c5ccccc5)cc4)nc3)CC2)CC1. The predicted octanol–water partition coefficient (Wildman–Crippen LogP) is 6.21. The minimum Gasteiger partial charge on any atom is -0.480 e. The molecule has 5 rings (SSSR count). The first kappa shape index (κ1) is 33.8. The van der Waals surface area contributed by atoms with E-state index in [1.165, 1.54) is 49.0 Å². The van der Waals surface area contributed by atoms with E-state index < -0.39 is 18.4 Å². The van der Waals surface area contributed by atoms with E-state index in [2.05, 4.69) is 28.3 Å². The van der Waals surface area contributed by atoms with Crippen molar-refractivity contribution in [2.45, 2.75) is 64.8 Å². The second kappa shape index (κ2) is 16.3. The number of aromatic nitrogens is 2. The van der Waals surface area contributed by atoms with Crippen LogP contribution in [-0.4, -0.2) is 64.4 Å². The summed E-state index contributed by atoms with van der Waals surface area (Å²) in [6, 6.07) is 16.9. The molecule has 248 valence electrons. The molecule has 1 saturated carbocycles. The first-order valence-corrected chi connectivity index (χ1v) is 16.9. The molecule has 0 radical (unpaired) electrons. The summed E-state index contributed by atoms with van der Waals surface area (Å²) in [6.45, 7) is 1.73. The van der Waals surface area contributed by atoms with Crippen LogP contribution in [0.2, 0.25) is 0 Å². The van der Waals surface area contributed by atoms with E-state index >= 15 is 0 Å². The van der Waals surface area contributed by atoms with E-state index in [1.807, 2.05) is 67.0 Å². The van der Waals surface area contributed by atoms with Gasteiger partial charge < -0.3 is 20.2 Å². The Morgan fingerprint density at radius 2 is 1.57 bits per heavy atom. The fourth-order valence-electron chi connectivity index (χ4n) is 6.96. The van der Waals surface area contributed by atoms with Gasteiger partial charge in [-0.25, -0.2) is 9.97 Å². The topological polar surface area (TPSA) is 116 Å². The van der Waals surface area contributed by atoms with Gasteiger partial charge >= 0.3 is 5.97 Å². The summed E-state index contributed by atoms with van der Waals surface area (Å²) >= 11 is 0. The average molecular weight is 638 g/mol. The molecule has 2 N–H and O–H groups in total. The first-order chi connectivity index (χ1) is 22.8. The fourth-order valence-corrected chi connectivity index (χ4v) is 6.96. The molecule has 47 heavy (non-hydrogen) atoms. The van der Waals surface area contributed by atoms with Crippen LogP contribution >= 0.6 is 0 Å².